The summed E-state index contributed by atoms with van der Waals surface area (Å²) in [6, 6.07) is 11.5. The summed E-state index contributed by atoms with van der Waals surface area (Å²) in [7, 11) is 0. The van der Waals surface area contributed by atoms with Gasteiger partial charge in [-0.2, -0.15) is 13.2 Å². The molecule has 3 rings (SSSR count). The van der Waals surface area contributed by atoms with Crippen LogP contribution < -0.4 is 4.74 Å². The quantitative estimate of drug-likeness (QED) is 0.603. The topological polar surface area (TPSA) is 22.1 Å². The van der Waals surface area contributed by atoms with E-state index in [1.165, 1.54) is 30.5 Å². The average Bonchev–Trinajstić information content (AvgIpc) is 2.46. The van der Waals surface area contributed by atoms with Gasteiger partial charge in [0.15, 0.2) is 0 Å². The van der Waals surface area contributed by atoms with Gasteiger partial charge in [0.05, 0.1) is 11.1 Å². The summed E-state index contributed by atoms with van der Waals surface area (Å²) in [5.41, 5.74) is -0.275. The van der Waals surface area contributed by atoms with Crippen LogP contribution in [0.2, 0.25) is 5.02 Å². The smallest absolute Gasteiger partial charge is 0.419 e. The van der Waals surface area contributed by atoms with Crippen LogP contribution in [0.15, 0.2) is 54.7 Å². The molecule has 2 nitrogen and oxygen atoms in total. The zero-order chi connectivity index (χ0) is 15.7. The minimum Gasteiger partial charge on any atom is -0.456 e. The predicted molar refractivity (Wildman–Crippen MR) is 78.3 cm³/mol. The Balaban J connectivity index is 2.08. The van der Waals surface area contributed by atoms with Gasteiger partial charge in [0.1, 0.15) is 11.5 Å². The number of nitrogens with zero attached hydrogens (tertiary/aromatic N) is 1. The number of benzene rings is 2. The van der Waals surface area contributed by atoms with Crippen molar-refractivity contribution in [2.45, 2.75) is 6.18 Å². The molecular formula is C16H9ClF3NO. The van der Waals surface area contributed by atoms with Gasteiger partial charge in [-0.05, 0) is 36.4 Å². The van der Waals surface area contributed by atoms with Crippen LogP contribution in [0, 0.1) is 0 Å². The highest BCUT2D eigenvalue weighted by molar-refractivity contribution is 6.31. The highest BCUT2D eigenvalue weighted by Gasteiger charge is 2.34. The molecule has 0 radical (unpaired) electrons. The molecule has 3 aromatic rings. The molecule has 1 heterocycles. The van der Waals surface area contributed by atoms with Gasteiger partial charge in [0, 0.05) is 16.6 Å². The molecule has 0 saturated heterocycles. The Bertz CT molecular complexity index is 833. The van der Waals surface area contributed by atoms with E-state index in [1.807, 2.05) is 0 Å². The van der Waals surface area contributed by atoms with Crippen LogP contribution >= 0.6 is 11.6 Å². The Hall–Kier alpha value is -2.27. The van der Waals surface area contributed by atoms with Gasteiger partial charge in [0.25, 0.3) is 0 Å². The molecule has 0 saturated carbocycles. The van der Waals surface area contributed by atoms with Crippen LogP contribution in [0.1, 0.15) is 5.56 Å². The third-order valence-corrected chi connectivity index (χ3v) is 3.31. The van der Waals surface area contributed by atoms with Gasteiger partial charge in [-0.15, -0.1) is 0 Å². The number of para-hydroxylation sites is 1. The number of rotatable bonds is 2. The summed E-state index contributed by atoms with van der Waals surface area (Å²) >= 11 is 5.89. The monoisotopic (exact) mass is 323 g/mol. The maximum atomic E-state index is 13.0. The molecule has 2 aromatic carbocycles. The fraction of sp³-hybridized carbons (Fsp3) is 0.0625. The molecule has 0 aliphatic carbocycles. The molecule has 1 aromatic heterocycles. The van der Waals surface area contributed by atoms with Crippen LogP contribution in [0.5, 0.6) is 11.5 Å². The first-order valence-corrected chi connectivity index (χ1v) is 6.71. The second-order valence-corrected chi connectivity index (χ2v) is 5.00. The third-order valence-electron chi connectivity index (χ3n) is 3.08. The van der Waals surface area contributed by atoms with Crippen molar-refractivity contribution in [1.29, 1.82) is 0 Å². The number of ether oxygens (including phenoxy) is 1. The molecule has 0 fully saturated rings. The summed E-state index contributed by atoms with van der Waals surface area (Å²) in [4.78, 5) is 4.13. The first-order chi connectivity index (χ1) is 10.4. The molecule has 0 unspecified atom stereocenters. The second-order valence-electron chi connectivity index (χ2n) is 4.57. The van der Waals surface area contributed by atoms with E-state index < -0.39 is 11.7 Å². The van der Waals surface area contributed by atoms with E-state index in [4.69, 9.17) is 16.3 Å². The number of fused-ring (bicyclic) bond motifs is 1. The van der Waals surface area contributed by atoms with Crippen LogP contribution in [-0.2, 0) is 6.18 Å². The summed E-state index contributed by atoms with van der Waals surface area (Å²) in [6.07, 6.45) is -3.02. The Kier molecular flexibility index (Phi) is 3.66. The number of halogens is 4. The lowest BCUT2D eigenvalue weighted by molar-refractivity contribution is -0.138. The normalized spacial score (nSPS) is 11.6. The fourth-order valence-corrected chi connectivity index (χ4v) is 2.26. The van der Waals surface area contributed by atoms with Gasteiger partial charge in [0.2, 0.25) is 0 Å². The average molecular weight is 324 g/mol. The van der Waals surface area contributed by atoms with Gasteiger partial charge >= 0.3 is 6.18 Å². The van der Waals surface area contributed by atoms with Crippen molar-refractivity contribution in [3.63, 3.8) is 0 Å². The molecule has 0 bridgehead atoms. The standard InChI is InChI=1S/C16H9ClF3NO/c17-10-5-6-11-13(9-10)21-8-7-14(11)22-15-4-2-1-3-12(15)16(18,19)20/h1-9H. The van der Waals surface area contributed by atoms with Gasteiger partial charge in [-0.3, -0.25) is 4.98 Å². The van der Waals surface area contributed by atoms with Crippen LogP contribution in [-0.4, -0.2) is 4.98 Å². The maximum absolute atomic E-state index is 13.0. The van der Waals surface area contributed by atoms with E-state index >= 15 is 0 Å². The second kappa shape index (κ2) is 5.50. The highest BCUT2D eigenvalue weighted by atomic mass is 35.5. The lowest BCUT2D eigenvalue weighted by atomic mass is 10.2. The van der Waals surface area contributed by atoms with Gasteiger partial charge < -0.3 is 4.74 Å². The number of hydrogen-bond donors (Lipinski definition) is 0. The lowest BCUT2D eigenvalue weighted by Crippen LogP contribution is -2.06. The van der Waals surface area contributed by atoms with Crippen molar-refractivity contribution in [1.82, 2.24) is 4.98 Å². The van der Waals surface area contributed by atoms with Crippen LogP contribution in [0.25, 0.3) is 10.9 Å². The van der Waals surface area contributed by atoms with Crippen LogP contribution in [0.3, 0.4) is 0 Å². The van der Waals surface area contributed by atoms with Gasteiger partial charge in [-0.1, -0.05) is 23.7 Å². The van der Waals surface area contributed by atoms with E-state index in [0.717, 1.165) is 6.07 Å². The van der Waals surface area contributed by atoms with E-state index in [-0.39, 0.29) is 5.75 Å². The molecule has 0 aliphatic heterocycles. The van der Waals surface area contributed by atoms with E-state index in [1.54, 1.807) is 18.2 Å². The number of pyridine rings is 1. The van der Waals surface area contributed by atoms with E-state index in [0.29, 0.717) is 21.7 Å². The SMILES string of the molecule is FC(F)(F)c1ccccc1Oc1ccnc2cc(Cl)ccc12. The van der Waals surface area contributed by atoms with Crippen molar-refractivity contribution in [3.8, 4) is 11.5 Å². The van der Waals surface area contributed by atoms with Crippen LogP contribution in [0.4, 0.5) is 13.2 Å². The largest absolute Gasteiger partial charge is 0.456 e. The molecule has 6 heteroatoms. The van der Waals surface area contributed by atoms with E-state index in [2.05, 4.69) is 4.98 Å². The van der Waals surface area contributed by atoms with Crippen molar-refractivity contribution < 1.29 is 17.9 Å². The first kappa shape index (κ1) is 14.7. The van der Waals surface area contributed by atoms with E-state index in [9.17, 15) is 13.2 Å². The predicted octanol–water partition coefficient (Wildman–Crippen LogP) is 5.70. The van der Waals surface area contributed by atoms with Crippen molar-refractivity contribution >= 4 is 22.5 Å². The summed E-state index contributed by atoms with van der Waals surface area (Å²) in [5, 5.41) is 1.08. The summed E-state index contributed by atoms with van der Waals surface area (Å²) in [5.74, 6) is 0.0378. The molecule has 0 amide bonds. The molecule has 0 N–H and O–H groups in total. The minimum absolute atomic E-state index is 0.252. The maximum Gasteiger partial charge on any atom is 0.419 e. The number of hydrogen-bond acceptors (Lipinski definition) is 2. The van der Waals surface area contributed by atoms with Crippen molar-refractivity contribution in [3.05, 3.63) is 65.3 Å². The molecule has 0 spiro atoms. The Morgan fingerprint density at radius 1 is 0.955 bits per heavy atom. The summed E-state index contributed by atoms with van der Waals surface area (Å²) in [6.45, 7) is 0. The van der Waals surface area contributed by atoms with Gasteiger partial charge in [-0.25, -0.2) is 0 Å². The first-order valence-electron chi connectivity index (χ1n) is 6.33. The highest BCUT2D eigenvalue weighted by Crippen LogP contribution is 2.39. The molecule has 22 heavy (non-hydrogen) atoms. The fourth-order valence-electron chi connectivity index (χ4n) is 2.09. The van der Waals surface area contributed by atoms with Crippen molar-refractivity contribution in [2.75, 3.05) is 0 Å². The van der Waals surface area contributed by atoms with Crippen molar-refractivity contribution in [2.24, 2.45) is 0 Å². The zero-order valence-electron chi connectivity index (χ0n) is 11.1. The zero-order valence-corrected chi connectivity index (χ0v) is 11.8. The molecular weight excluding hydrogens is 315 g/mol. The lowest BCUT2D eigenvalue weighted by Gasteiger charge is -2.14. The number of alkyl halides is 3. The summed E-state index contributed by atoms with van der Waals surface area (Å²) < 4.78 is 44.5. The Morgan fingerprint density at radius 2 is 1.73 bits per heavy atom. The molecule has 112 valence electrons. The third kappa shape index (κ3) is 2.85. The minimum atomic E-state index is -4.48. The molecule has 0 aliphatic rings. The Labute approximate surface area is 129 Å². The molecule has 0 atom stereocenters. The Morgan fingerprint density at radius 3 is 2.50 bits per heavy atom. The number of aromatic nitrogens is 1.